The monoisotopic (exact) mass is 276 g/mol. The number of carbonyl (C=O) groups is 1. The Hall–Kier alpha value is -1.39. The average Bonchev–Trinajstić information content (AvgIpc) is 2.53. The van der Waals surface area contributed by atoms with Crippen molar-refractivity contribution >= 4 is 5.91 Å². The largest absolute Gasteiger partial charge is 0.383 e. The Morgan fingerprint density at radius 1 is 1.25 bits per heavy atom. The van der Waals surface area contributed by atoms with Crippen molar-refractivity contribution in [1.82, 2.24) is 10.2 Å². The third kappa shape index (κ3) is 4.32. The maximum atomic E-state index is 12.2. The Balaban J connectivity index is 1.87. The highest BCUT2D eigenvalue weighted by molar-refractivity contribution is 5.78. The van der Waals surface area contributed by atoms with Crippen molar-refractivity contribution in [3.05, 3.63) is 35.9 Å². The molecule has 1 aliphatic rings. The van der Waals surface area contributed by atoms with Crippen LogP contribution in [0.4, 0.5) is 0 Å². The molecule has 0 aliphatic carbocycles. The second-order valence-electron chi connectivity index (χ2n) is 5.24. The molecule has 0 radical (unpaired) electrons. The zero-order chi connectivity index (χ0) is 14.2. The Morgan fingerprint density at radius 3 is 2.60 bits per heavy atom. The van der Waals surface area contributed by atoms with E-state index < -0.39 is 0 Å². The molecular formula is C16H24N2O2. The van der Waals surface area contributed by atoms with E-state index in [0.717, 1.165) is 31.5 Å². The van der Waals surface area contributed by atoms with Gasteiger partial charge in [-0.2, -0.15) is 0 Å². The van der Waals surface area contributed by atoms with E-state index in [2.05, 4.69) is 17.4 Å². The number of benzene rings is 1. The van der Waals surface area contributed by atoms with E-state index in [1.54, 1.807) is 7.11 Å². The van der Waals surface area contributed by atoms with E-state index >= 15 is 0 Å². The summed E-state index contributed by atoms with van der Waals surface area (Å²) < 4.78 is 5.25. The number of nitrogens with one attached hydrogen (secondary N) is 1. The number of ether oxygens (including phenoxy) is 1. The van der Waals surface area contributed by atoms with Crippen molar-refractivity contribution in [1.29, 1.82) is 0 Å². The van der Waals surface area contributed by atoms with Crippen molar-refractivity contribution in [3.63, 3.8) is 0 Å². The molecule has 0 spiro atoms. The van der Waals surface area contributed by atoms with E-state index in [1.807, 2.05) is 23.1 Å². The molecule has 1 aromatic carbocycles. The molecule has 1 saturated heterocycles. The summed E-state index contributed by atoms with van der Waals surface area (Å²) in [5.74, 6) is 0.196. The number of hydrogen-bond acceptors (Lipinski definition) is 3. The van der Waals surface area contributed by atoms with Crippen LogP contribution in [0.15, 0.2) is 30.3 Å². The van der Waals surface area contributed by atoms with Crippen LogP contribution in [0.3, 0.4) is 0 Å². The summed E-state index contributed by atoms with van der Waals surface area (Å²) >= 11 is 0. The summed E-state index contributed by atoms with van der Waals surface area (Å²) in [5.41, 5.74) is 1.15. The third-order valence-electron chi connectivity index (χ3n) is 3.74. The van der Waals surface area contributed by atoms with Crippen LogP contribution in [-0.4, -0.2) is 44.2 Å². The minimum absolute atomic E-state index is 0.0648. The highest BCUT2D eigenvalue weighted by atomic mass is 16.5. The fourth-order valence-electron chi connectivity index (χ4n) is 2.59. The maximum absolute atomic E-state index is 12.2. The number of carbonyl (C=O) groups excluding carboxylic acids is 1. The number of hydrogen-bond donors (Lipinski definition) is 1. The first kappa shape index (κ1) is 15.0. The highest BCUT2D eigenvalue weighted by Gasteiger charge is 2.18. The third-order valence-corrected chi connectivity index (χ3v) is 3.74. The maximum Gasteiger partial charge on any atom is 0.236 e. The zero-order valence-electron chi connectivity index (χ0n) is 12.2. The molecule has 110 valence electrons. The van der Waals surface area contributed by atoms with Gasteiger partial charge in [-0.3, -0.25) is 10.1 Å². The van der Waals surface area contributed by atoms with E-state index in [9.17, 15) is 4.79 Å². The highest BCUT2D eigenvalue weighted by Crippen LogP contribution is 2.13. The summed E-state index contributed by atoms with van der Waals surface area (Å²) in [6.07, 6.45) is 3.51. The SMILES string of the molecule is COCC(NCC(=O)N1CCCCC1)c1ccccc1. The molecule has 0 aromatic heterocycles. The molecule has 1 N–H and O–H groups in total. The predicted molar refractivity (Wildman–Crippen MR) is 79.5 cm³/mol. The molecule has 0 saturated carbocycles. The number of likely N-dealkylation sites (tertiary alicyclic amines) is 1. The van der Waals surface area contributed by atoms with Crippen molar-refractivity contribution in [2.24, 2.45) is 0 Å². The molecule has 1 heterocycles. The van der Waals surface area contributed by atoms with Crippen molar-refractivity contribution < 1.29 is 9.53 Å². The topological polar surface area (TPSA) is 41.6 Å². The summed E-state index contributed by atoms with van der Waals surface area (Å²) in [6.45, 7) is 2.75. The van der Waals surface area contributed by atoms with Gasteiger partial charge in [-0.1, -0.05) is 30.3 Å². The summed E-state index contributed by atoms with van der Waals surface area (Å²) in [5, 5.41) is 3.32. The van der Waals surface area contributed by atoms with Gasteiger partial charge in [0.25, 0.3) is 0 Å². The van der Waals surface area contributed by atoms with Gasteiger partial charge in [-0.05, 0) is 24.8 Å². The first-order chi connectivity index (χ1) is 9.81. The summed E-state index contributed by atoms with van der Waals surface area (Å²) in [6, 6.07) is 10.2. The number of methoxy groups -OCH3 is 1. The van der Waals surface area contributed by atoms with Gasteiger partial charge in [-0.25, -0.2) is 0 Å². The quantitative estimate of drug-likeness (QED) is 0.864. The van der Waals surface area contributed by atoms with Gasteiger partial charge < -0.3 is 9.64 Å². The lowest BCUT2D eigenvalue weighted by Crippen LogP contribution is -2.42. The van der Waals surface area contributed by atoms with Crippen LogP contribution < -0.4 is 5.32 Å². The van der Waals surface area contributed by atoms with Crippen molar-refractivity contribution in [3.8, 4) is 0 Å². The van der Waals surface area contributed by atoms with Crippen molar-refractivity contribution in [2.45, 2.75) is 25.3 Å². The summed E-state index contributed by atoms with van der Waals surface area (Å²) in [4.78, 5) is 14.1. The fourth-order valence-corrected chi connectivity index (χ4v) is 2.59. The molecule has 20 heavy (non-hydrogen) atoms. The van der Waals surface area contributed by atoms with Crippen LogP contribution >= 0.6 is 0 Å². The molecule has 1 atom stereocenters. The Labute approximate surface area is 121 Å². The molecular weight excluding hydrogens is 252 g/mol. The molecule has 1 aliphatic heterocycles. The molecule has 1 aromatic rings. The van der Waals surface area contributed by atoms with E-state index in [0.29, 0.717) is 13.2 Å². The Kier molecular flexibility index (Phi) is 6.02. The molecule has 2 rings (SSSR count). The molecule has 0 bridgehead atoms. The Bertz CT molecular complexity index is 402. The number of nitrogens with zero attached hydrogens (tertiary/aromatic N) is 1. The van der Waals surface area contributed by atoms with Crippen LogP contribution in [0.1, 0.15) is 30.9 Å². The number of piperidine rings is 1. The van der Waals surface area contributed by atoms with Gasteiger partial charge in [0.15, 0.2) is 0 Å². The Morgan fingerprint density at radius 2 is 1.95 bits per heavy atom. The van der Waals surface area contributed by atoms with Crippen molar-refractivity contribution in [2.75, 3.05) is 33.4 Å². The molecule has 4 nitrogen and oxygen atoms in total. The second-order valence-corrected chi connectivity index (χ2v) is 5.24. The van der Waals surface area contributed by atoms with Crippen LogP contribution in [0, 0.1) is 0 Å². The lowest BCUT2D eigenvalue weighted by atomic mass is 10.1. The van der Waals surface area contributed by atoms with Gasteiger partial charge in [-0.15, -0.1) is 0 Å². The molecule has 4 heteroatoms. The molecule has 1 fully saturated rings. The van der Waals surface area contributed by atoms with Gasteiger partial charge in [0.2, 0.25) is 5.91 Å². The molecule has 1 amide bonds. The smallest absolute Gasteiger partial charge is 0.236 e. The standard InChI is InChI=1S/C16H24N2O2/c1-20-13-15(14-8-4-2-5-9-14)17-12-16(19)18-10-6-3-7-11-18/h2,4-5,8-9,15,17H,3,6-7,10-13H2,1H3. The zero-order valence-corrected chi connectivity index (χ0v) is 12.2. The normalized spacial score (nSPS) is 16.9. The lowest BCUT2D eigenvalue weighted by Gasteiger charge is -2.28. The molecule has 1 unspecified atom stereocenters. The minimum atomic E-state index is 0.0648. The lowest BCUT2D eigenvalue weighted by molar-refractivity contribution is -0.131. The number of amides is 1. The van der Waals surface area contributed by atoms with Crippen LogP contribution in [-0.2, 0) is 9.53 Å². The predicted octanol–water partition coefficient (Wildman–Crippen LogP) is 1.98. The van der Waals surface area contributed by atoms with E-state index in [1.165, 1.54) is 6.42 Å². The van der Waals surface area contributed by atoms with Gasteiger partial charge in [0, 0.05) is 20.2 Å². The van der Waals surface area contributed by atoms with Gasteiger partial charge >= 0.3 is 0 Å². The van der Waals surface area contributed by atoms with Crippen LogP contribution in [0.5, 0.6) is 0 Å². The first-order valence-electron chi connectivity index (χ1n) is 7.36. The van der Waals surface area contributed by atoms with Crippen LogP contribution in [0.25, 0.3) is 0 Å². The van der Waals surface area contributed by atoms with Gasteiger partial charge in [0.05, 0.1) is 19.2 Å². The fraction of sp³-hybridized carbons (Fsp3) is 0.562. The van der Waals surface area contributed by atoms with Gasteiger partial charge in [0.1, 0.15) is 0 Å². The average molecular weight is 276 g/mol. The second kappa shape index (κ2) is 8.02. The van der Waals surface area contributed by atoms with E-state index in [-0.39, 0.29) is 11.9 Å². The number of rotatable bonds is 6. The van der Waals surface area contributed by atoms with E-state index in [4.69, 9.17) is 4.74 Å². The summed E-state index contributed by atoms with van der Waals surface area (Å²) in [7, 11) is 1.68. The van der Waals surface area contributed by atoms with Crippen LogP contribution in [0.2, 0.25) is 0 Å². The minimum Gasteiger partial charge on any atom is -0.383 e. The first-order valence-corrected chi connectivity index (χ1v) is 7.36.